The molecule has 0 N–H and O–H groups in total. The molecule has 19 heavy (non-hydrogen) atoms. The molecule has 0 saturated heterocycles. The van der Waals surface area contributed by atoms with E-state index in [1.54, 1.807) is 25.3 Å². The van der Waals surface area contributed by atoms with Crippen molar-refractivity contribution in [3.8, 4) is 17.1 Å². The predicted octanol–water partition coefficient (Wildman–Crippen LogP) is 3.05. The van der Waals surface area contributed by atoms with Gasteiger partial charge in [-0.1, -0.05) is 21.1 Å². The lowest BCUT2D eigenvalue weighted by atomic mass is 10.1. The molecule has 2 rings (SSSR count). The quantitative estimate of drug-likeness (QED) is 0.790. The highest BCUT2D eigenvalue weighted by Crippen LogP contribution is 2.32. The number of halogens is 1. The van der Waals surface area contributed by atoms with Crippen molar-refractivity contribution in [3.63, 3.8) is 0 Å². The maximum atomic E-state index is 11.3. The number of hydrogen-bond donors (Lipinski definition) is 0. The monoisotopic (exact) mass is 325 g/mol. The van der Waals surface area contributed by atoms with Gasteiger partial charge in [-0.05, 0) is 25.1 Å². The van der Waals surface area contributed by atoms with Crippen molar-refractivity contribution >= 4 is 21.9 Å². The Morgan fingerprint density at radius 2 is 2.26 bits per heavy atom. The molecule has 0 bridgehead atoms. The Labute approximate surface area is 118 Å². The molecule has 2 aromatic rings. The van der Waals surface area contributed by atoms with Gasteiger partial charge in [0.05, 0.1) is 18.4 Å². The molecular weight excluding hydrogens is 314 g/mol. The van der Waals surface area contributed by atoms with Crippen molar-refractivity contribution in [2.24, 2.45) is 0 Å². The van der Waals surface area contributed by atoms with Gasteiger partial charge in [0.25, 0.3) is 0 Å². The van der Waals surface area contributed by atoms with Crippen LogP contribution >= 0.6 is 15.9 Å². The third kappa shape index (κ3) is 3.57. The van der Waals surface area contributed by atoms with Gasteiger partial charge in [-0.2, -0.15) is 0 Å². The number of aromatic nitrogens is 1. The number of carbonyl (C=O) groups is 1. The van der Waals surface area contributed by atoms with Gasteiger partial charge in [-0.15, -0.1) is 0 Å². The predicted molar refractivity (Wildman–Crippen MR) is 71.8 cm³/mol. The van der Waals surface area contributed by atoms with Gasteiger partial charge in [0.1, 0.15) is 5.75 Å². The van der Waals surface area contributed by atoms with E-state index in [4.69, 9.17) is 14.0 Å². The van der Waals surface area contributed by atoms with Crippen LogP contribution in [0.25, 0.3) is 11.3 Å². The lowest BCUT2D eigenvalue weighted by molar-refractivity contribution is -0.145. The van der Waals surface area contributed by atoms with E-state index in [1.807, 2.05) is 12.1 Å². The molecule has 0 radical (unpaired) electrons. The summed E-state index contributed by atoms with van der Waals surface area (Å²) in [5.41, 5.74) is 0.719. The third-order valence-electron chi connectivity index (χ3n) is 2.30. The van der Waals surface area contributed by atoms with E-state index in [2.05, 4.69) is 21.1 Å². The largest absolute Gasteiger partial charge is 0.481 e. The molecule has 0 unspecified atom stereocenters. The minimum Gasteiger partial charge on any atom is -0.481 e. The molecule has 5 nitrogen and oxygen atoms in total. The summed E-state index contributed by atoms with van der Waals surface area (Å²) in [6, 6.07) is 7.13. The molecule has 1 heterocycles. The second-order valence-corrected chi connectivity index (χ2v) is 4.53. The zero-order chi connectivity index (χ0) is 13.7. The number of esters is 1. The van der Waals surface area contributed by atoms with Crippen LogP contribution in [0, 0.1) is 0 Å². The molecule has 0 spiro atoms. The Morgan fingerprint density at radius 1 is 1.42 bits per heavy atom. The minimum atomic E-state index is -0.408. The van der Waals surface area contributed by atoms with Crippen LogP contribution in [-0.4, -0.2) is 24.3 Å². The molecule has 0 fully saturated rings. The fourth-order valence-electron chi connectivity index (χ4n) is 1.51. The summed E-state index contributed by atoms with van der Waals surface area (Å²) >= 11 is 3.38. The number of nitrogens with zero attached hydrogens (tertiary/aromatic N) is 1. The summed E-state index contributed by atoms with van der Waals surface area (Å²) in [4.78, 5) is 11.3. The van der Waals surface area contributed by atoms with Crippen molar-refractivity contribution in [3.05, 3.63) is 34.9 Å². The van der Waals surface area contributed by atoms with Crippen molar-refractivity contribution < 1.29 is 18.8 Å². The van der Waals surface area contributed by atoms with E-state index in [-0.39, 0.29) is 6.61 Å². The zero-order valence-corrected chi connectivity index (χ0v) is 11.8. The molecule has 0 aliphatic rings. The normalized spacial score (nSPS) is 10.2. The van der Waals surface area contributed by atoms with Crippen LogP contribution in [-0.2, 0) is 9.53 Å². The van der Waals surface area contributed by atoms with E-state index >= 15 is 0 Å². The summed E-state index contributed by atoms with van der Waals surface area (Å²) in [6.45, 7) is 1.94. The van der Waals surface area contributed by atoms with E-state index < -0.39 is 5.97 Å². The van der Waals surface area contributed by atoms with Crippen LogP contribution in [0.1, 0.15) is 6.92 Å². The van der Waals surface area contributed by atoms with Gasteiger partial charge < -0.3 is 14.0 Å². The number of hydrogen-bond acceptors (Lipinski definition) is 5. The van der Waals surface area contributed by atoms with Gasteiger partial charge >= 0.3 is 5.97 Å². The van der Waals surface area contributed by atoms with Crippen molar-refractivity contribution in [1.82, 2.24) is 5.16 Å². The minimum absolute atomic E-state index is 0.142. The van der Waals surface area contributed by atoms with Crippen LogP contribution in [0.15, 0.2) is 39.5 Å². The fourth-order valence-corrected chi connectivity index (χ4v) is 1.88. The van der Waals surface area contributed by atoms with E-state index in [0.717, 1.165) is 10.0 Å². The molecule has 0 aliphatic heterocycles. The van der Waals surface area contributed by atoms with Gasteiger partial charge in [0.2, 0.25) is 0 Å². The first-order chi connectivity index (χ1) is 9.20. The average molecular weight is 326 g/mol. The highest BCUT2D eigenvalue weighted by atomic mass is 79.9. The molecule has 0 aliphatic carbocycles. The van der Waals surface area contributed by atoms with Gasteiger partial charge in [-0.3, -0.25) is 0 Å². The SMILES string of the molecule is CCOC(=O)COc1ccc(Br)cc1-c1ccno1. The van der Waals surface area contributed by atoms with Crippen molar-refractivity contribution in [2.45, 2.75) is 6.92 Å². The maximum absolute atomic E-state index is 11.3. The molecule has 0 saturated carbocycles. The topological polar surface area (TPSA) is 61.6 Å². The van der Waals surface area contributed by atoms with E-state index in [1.165, 1.54) is 0 Å². The van der Waals surface area contributed by atoms with Crippen LogP contribution < -0.4 is 4.74 Å². The smallest absolute Gasteiger partial charge is 0.344 e. The molecule has 1 aromatic heterocycles. The first-order valence-electron chi connectivity index (χ1n) is 5.69. The highest BCUT2D eigenvalue weighted by molar-refractivity contribution is 9.10. The van der Waals surface area contributed by atoms with Crippen LogP contribution in [0.3, 0.4) is 0 Å². The van der Waals surface area contributed by atoms with Crippen LogP contribution in [0.5, 0.6) is 5.75 Å². The lowest BCUT2D eigenvalue weighted by Gasteiger charge is -2.09. The number of ether oxygens (including phenoxy) is 2. The number of benzene rings is 1. The summed E-state index contributed by atoms with van der Waals surface area (Å²) in [7, 11) is 0. The Morgan fingerprint density at radius 3 is 2.95 bits per heavy atom. The Kier molecular flexibility index (Phi) is 4.57. The number of rotatable bonds is 5. The summed E-state index contributed by atoms with van der Waals surface area (Å²) < 4.78 is 16.2. The maximum Gasteiger partial charge on any atom is 0.344 e. The van der Waals surface area contributed by atoms with Crippen molar-refractivity contribution in [1.29, 1.82) is 0 Å². The molecule has 0 atom stereocenters. The first-order valence-corrected chi connectivity index (χ1v) is 6.49. The third-order valence-corrected chi connectivity index (χ3v) is 2.79. The Balaban J connectivity index is 2.18. The van der Waals surface area contributed by atoms with Gasteiger partial charge in [-0.25, -0.2) is 4.79 Å². The molecule has 6 heteroatoms. The Hall–Kier alpha value is -1.82. The van der Waals surface area contributed by atoms with Crippen molar-refractivity contribution in [2.75, 3.05) is 13.2 Å². The Bertz CT molecular complexity index is 554. The summed E-state index contributed by atoms with van der Waals surface area (Å²) in [6.07, 6.45) is 1.55. The molecule has 100 valence electrons. The lowest BCUT2D eigenvalue weighted by Crippen LogP contribution is -2.14. The molecule has 0 amide bonds. The summed E-state index contributed by atoms with van der Waals surface area (Å²) in [5, 5.41) is 3.66. The van der Waals surface area contributed by atoms with E-state index in [0.29, 0.717) is 18.1 Å². The fraction of sp³-hybridized carbons (Fsp3) is 0.231. The zero-order valence-electron chi connectivity index (χ0n) is 10.3. The van der Waals surface area contributed by atoms with Crippen LogP contribution in [0.2, 0.25) is 0 Å². The van der Waals surface area contributed by atoms with Gasteiger partial charge in [0, 0.05) is 10.5 Å². The standard InChI is InChI=1S/C13H12BrNO4/c1-2-17-13(16)8-18-11-4-3-9(14)7-10(11)12-5-6-15-19-12/h3-7H,2,8H2,1H3. The van der Waals surface area contributed by atoms with Gasteiger partial charge in [0.15, 0.2) is 12.4 Å². The average Bonchev–Trinajstić information content (AvgIpc) is 2.91. The molecular formula is C13H12BrNO4. The van der Waals surface area contributed by atoms with E-state index in [9.17, 15) is 4.79 Å². The van der Waals surface area contributed by atoms with Crippen LogP contribution in [0.4, 0.5) is 0 Å². The summed E-state index contributed by atoms with van der Waals surface area (Å²) in [5.74, 6) is 0.696. The first kappa shape index (κ1) is 13.6. The highest BCUT2D eigenvalue weighted by Gasteiger charge is 2.12. The second kappa shape index (κ2) is 6.38. The second-order valence-electron chi connectivity index (χ2n) is 3.61. The molecule has 1 aromatic carbocycles. The number of carbonyl (C=O) groups excluding carboxylic acids is 1.